The third-order valence-electron chi connectivity index (χ3n) is 2.96. The van der Waals surface area contributed by atoms with Crippen molar-refractivity contribution in [2.45, 2.75) is 0 Å². The molecule has 0 aliphatic carbocycles. The summed E-state index contributed by atoms with van der Waals surface area (Å²) in [7, 11) is 0. The topological polar surface area (TPSA) is 29.1 Å². The minimum Gasteiger partial charge on any atom is -0.328 e. The molecule has 0 saturated carbocycles. The maximum atomic E-state index is 10.6. The average molecular weight is 221 g/mol. The SMILES string of the molecule is O=CNc1cccc2cc3ccccc3cc12. The van der Waals surface area contributed by atoms with Crippen LogP contribution in [0.4, 0.5) is 5.69 Å². The zero-order chi connectivity index (χ0) is 11.7. The Balaban J connectivity index is 2.39. The number of hydrogen-bond donors (Lipinski definition) is 1. The number of benzene rings is 3. The molecule has 3 rings (SSSR count). The van der Waals surface area contributed by atoms with Crippen molar-refractivity contribution in [3.05, 3.63) is 54.6 Å². The van der Waals surface area contributed by atoms with Crippen LogP contribution >= 0.6 is 0 Å². The van der Waals surface area contributed by atoms with Crippen LogP contribution in [-0.2, 0) is 4.79 Å². The second-order valence-electron chi connectivity index (χ2n) is 3.99. The fraction of sp³-hybridized carbons (Fsp3) is 0. The van der Waals surface area contributed by atoms with Crippen molar-refractivity contribution >= 4 is 33.6 Å². The van der Waals surface area contributed by atoms with Crippen molar-refractivity contribution in [1.82, 2.24) is 0 Å². The molecule has 0 spiro atoms. The summed E-state index contributed by atoms with van der Waals surface area (Å²) in [6.07, 6.45) is 0.712. The van der Waals surface area contributed by atoms with Crippen LogP contribution in [0, 0.1) is 0 Å². The molecule has 0 fully saturated rings. The molecular weight excluding hydrogens is 210 g/mol. The molecule has 0 bridgehead atoms. The zero-order valence-corrected chi connectivity index (χ0v) is 9.18. The van der Waals surface area contributed by atoms with Crippen molar-refractivity contribution in [3.63, 3.8) is 0 Å². The maximum Gasteiger partial charge on any atom is 0.211 e. The first-order valence-electron chi connectivity index (χ1n) is 5.50. The normalized spacial score (nSPS) is 10.6. The molecule has 0 atom stereocenters. The van der Waals surface area contributed by atoms with Crippen molar-refractivity contribution in [1.29, 1.82) is 0 Å². The van der Waals surface area contributed by atoms with E-state index in [9.17, 15) is 4.79 Å². The number of hydrogen-bond acceptors (Lipinski definition) is 1. The lowest BCUT2D eigenvalue weighted by molar-refractivity contribution is -0.105. The lowest BCUT2D eigenvalue weighted by Crippen LogP contribution is -1.94. The van der Waals surface area contributed by atoms with E-state index in [1.165, 1.54) is 10.8 Å². The fourth-order valence-electron chi connectivity index (χ4n) is 2.16. The standard InChI is InChI=1S/C15H11NO/c17-10-16-15-7-3-6-13-8-11-4-1-2-5-12(11)9-14(13)15/h1-10H,(H,16,17). The van der Waals surface area contributed by atoms with E-state index < -0.39 is 0 Å². The molecule has 0 radical (unpaired) electrons. The highest BCUT2D eigenvalue weighted by atomic mass is 16.1. The van der Waals surface area contributed by atoms with Crippen LogP contribution in [0.3, 0.4) is 0 Å². The summed E-state index contributed by atoms with van der Waals surface area (Å²) < 4.78 is 0. The van der Waals surface area contributed by atoms with E-state index in [1.807, 2.05) is 24.3 Å². The highest BCUT2D eigenvalue weighted by Gasteiger charge is 2.01. The molecule has 2 heteroatoms. The highest BCUT2D eigenvalue weighted by molar-refractivity contribution is 6.05. The molecule has 1 amide bonds. The number of nitrogens with one attached hydrogen (secondary N) is 1. The Morgan fingerprint density at radius 1 is 0.824 bits per heavy atom. The van der Waals surface area contributed by atoms with Gasteiger partial charge in [0, 0.05) is 11.1 Å². The van der Waals surface area contributed by atoms with Crippen LogP contribution in [0.2, 0.25) is 0 Å². The molecule has 0 aromatic heterocycles. The molecule has 2 nitrogen and oxygen atoms in total. The number of amides is 1. The van der Waals surface area contributed by atoms with Crippen LogP contribution < -0.4 is 5.32 Å². The number of carbonyl (C=O) groups excluding carboxylic acids is 1. The monoisotopic (exact) mass is 221 g/mol. The van der Waals surface area contributed by atoms with Gasteiger partial charge in [0.1, 0.15) is 0 Å². The molecule has 0 unspecified atom stereocenters. The van der Waals surface area contributed by atoms with Gasteiger partial charge in [-0.3, -0.25) is 4.79 Å². The van der Waals surface area contributed by atoms with Crippen molar-refractivity contribution in [2.75, 3.05) is 5.32 Å². The summed E-state index contributed by atoms with van der Waals surface area (Å²) in [5.41, 5.74) is 0.850. The van der Waals surface area contributed by atoms with Crippen molar-refractivity contribution < 1.29 is 4.79 Å². The summed E-state index contributed by atoms with van der Waals surface area (Å²) >= 11 is 0. The number of carbonyl (C=O) groups is 1. The molecule has 3 aromatic rings. The van der Waals surface area contributed by atoms with E-state index in [0.29, 0.717) is 6.41 Å². The summed E-state index contributed by atoms with van der Waals surface area (Å²) in [4.78, 5) is 10.6. The summed E-state index contributed by atoms with van der Waals surface area (Å²) in [6, 6.07) is 18.4. The minimum atomic E-state index is 0.712. The molecule has 1 N–H and O–H groups in total. The van der Waals surface area contributed by atoms with E-state index in [2.05, 4.69) is 35.6 Å². The van der Waals surface area contributed by atoms with Gasteiger partial charge in [-0.05, 0) is 34.4 Å². The number of anilines is 1. The van der Waals surface area contributed by atoms with Gasteiger partial charge in [0.05, 0.1) is 0 Å². The Bertz CT molecular complexity index is 703. The van der Waals surface area contributed by atoms with Gasteiger partial charge in [-0.2, -0.15) is 0 Å². The summed E-state index contributed by atoms with van der Waals surface area (Å²) in [5, 5.41) is 7.33. The second kappa shape index (κ2) is 3.91. The van der Waals surface area contributed by atoms with E-state index in [0.717, 1.165) is 16.5 Å². The molecule has 0 aliphatic rings. The van der Waals surface area contributed by atoms with Gasteiger partial charge >= 0.3 is 0 Å². The summed E-state index contributed by atoms with van der Waals surface area (Å²) in [6.45, 7) is 0. The predicted molar refractivity (Wildman–Crippen MR) is 71.1 cm³/mol. The van der Waals surface area contributed by atoms with E-state index in [-0.39, 0.29) is 0 Å². The Morgan fingerprint density at radius 2 is 1.53 bits per heavy atom. The Kier molecular flexibility index (Phi) is 2.26. The van der Waals surface area contributed by atoms with Gasteiger partial charge in [0.15, 0.2) is 0 Å². The van der Waals surface area contributed by atoms with Gasteiger partial charge < -0.3 is 5.32 Å². The Labute approximate surface area is 98.9 Å². The van der Waals surface area contributed by atoms with Crippen LogP contribution in [0.25, 0.3) is 21.5 Å². The first-order chi connectivity index (χ1) is 8.38. The second-order valence-corrected chi connectivity index (χ2v) is 3.99. The number of rotatable bonds is 2. The third-order valence-corrected chi connectivity index (χ3v) is 2.96. The largest absolute Gasteiger partial charge is 0.328 e. The first kappa shape index (κ1) is 9.85. The summed E-state index contributed by atoms with van der Waals surface area (Å²) in [5.74, 6) is 0. The van der Waals surface area contributed by atoms with Crippen molar-refractivity contribution in [2.24, 2.45) is 0 Å². The quantitative estimate of drug-likeness (QED) is 0.520. The van der Waals surface area contributed by atoms with Gasteiger partial charge in [-0.1, -0.05) is 36.4 Å². The van der Waals surface area contributed by atoms with Gasteiger partial charge in [0.2, 0.25) is 6.41 Å². The first-order valence-corrected chi connectivity index (χ1v) is 5.50. The van der Waals surface area contributed by atoms with E-state index in [1.54, 1.807) is 0 Å². The molecule has 0 saturated heterocycles. The molecular formula is C15H11NO. The van der Waals surface area contributed by atoms with Crippen LogP contribution in [-0.4, -0.2) is 6.41 Å². The van der Waals surface area contributed by atoms with Crippen LogP contribution in [0.5, 0.6) is 0 Å². The number of fused-ring (bicyclic) bond motifs is 2. The van der Waals surface area contributed by atoms with Crippen molar-refractivity contribution in [3.8, 4) is 0 Å². The lowest BCUT2D eigenvalue weighted by Gasteiger charge is -2.06. The molecule has 0 aliphatic heterocycles. The minimum absolute atomic E-state index is 0.712. The van der Waals surface area contributed by atoms with Gasteiger partial charge in [-0.15, -0.1) is 0 Å². The third kappa shape index (κ3) is 1.64. The van der Waals surface area contributed by atoms with Gasteiger partial charge in [0.25, 0.3) is 0 Å². The van der Waals surface area contributed by atoms with Crippen LogP contribution in [0.1, 0.15) is 0 Å². The highest BCUT2D eigenvalue weighted by Crippen LogP contribution is 2.27. The fourth-order valence-corrected chi connectivity index (χ4v) is 2.16. The lowest BCUT2D eigenvalue weighted by atomic mass is 10.0. The smallest absolute Gasteiger partial charge is 0.211 e. The predicted octanol–water partition coefficient (Wildman–Crippen LogP) is 3.56. The molecule has 3 aromatic carbocycles. The van der Waals surface area contributed by atoms with Gasteiger partial charge in [-0.25, -0.2) is 0 Å². The zero-order valence-electron chi connectivity index (χ0n) is 9.18. The average Bonchev–Trinajstić information content (AvgIpc) is 2.37. The van der Waals surface area contributed by atoms with E-state index in [4.69, 9.17) is 0 Å². The maximum absolute atomic E-state index is 10.6. The van der Waals surface area contributed by atoms with Crippen LogP contribution in [0.15, 0.2) is 54.6 Å². The molecule has 17 heavy (non-hydrogen) atoms. The Hall–Kier alpha value is -2.35. The molecule has 82 valence electrons. The Morgan fingerprint density at radius 3 is 2.29 bits per heavy atom. The molecule has 0 heterocycles. The van der Waals surface area contributed by atoms with E-state index >= 15 is 0 Å².